The molecule has 0 aliphatic heterocycles. The molecule has 0 aliphatic rings. The zero-order valence-corrected chi connectivity index (χ0v) is 15.3. The SMILES string of the molecule is CC(C)c1nnc(-c2ccc(F)cc2)n1-c1cccc(-c2ccccc2)c1. The van der Waals surface area contributed by atoms with Gasteiger partial charge in [0, 0.05) is 17.2 Å². The van der Waals surface area contributed by atoms with Crippen molar-refractivity contribution in [2.45, 2.75) is 19.8 Å². The summed E-state index contributed by atoms with van der Waals surface area (Å²) < 4.78 is 15.4. The van der Waals surface area contributed by atoms with Crippen LogP contribution in [0.25, 0.3) is 28.2 Å². The van der Waals surface area contributed by atoms with Gasteiger partial charge in [0.05, 0.1) is 0 Å². The second-order valence-electron chi connectivity index (χ2n) is 6.80. The second kappa shape index (κ2) is 7.16. The Bertz CT molecular complexity index is 1050. The van der Waals surface area contributed by atoms with Gasteiger partial charge in [-0.15, -0.1) is 10.2 Å². The molecule has 0 bridgehead atoms. The average molecular weight is 357 g/mol. The van der Waals surface area contributed by atoms with Gasteiger partial charge < -0.3 is 0 Å². The summed E-state index contributed by atoms with van der Waals surface area (Å²) in [6.45, 7) is 4.19. The van der Waals surface area contributed by atoms with Crippen LogP contribution >= 0.6 is 0 Å². The number of nitrogens with zero attached hydrogens (tertiary/aromatic N) is 3. The van der Waals surface area contributed by atoms with Gasteiger partial charge in [-0.05, 0) is 47.5 Å². The molecule has 0 spiro atoms. The topological polar surface area (TPSA) is 30.7 Å². The van der Waals surface area contributed by atoms with Crippen LogP contribution < -0.4 is 0 Å². The van der Waals surface area contributed by atoms with Gasteiger partial charge in [0.15, 0.2) is 5.82 Å². The fourth-order valence-electron chi connectivity index (χ4n) is 3.17. The Kier molecular flexibility index (Phi) is 4.55. The molecule has 0 saturated carbocycles. The largest absolute Gasteiger partial charge is 0.279 e. The highest BCUT2D eigenvalue weighted by Gasteiger charge is 2.18. The molecule has 27 heavy (non-hydrogen) atoms. The molecule has 1 heterocycles. The Morgan fingerprint density at radius 3 is 2.15 bits per heavy atom. The lowest BCUT2D eigenvalue weighted by atomic mass is 10.0. The molecule has 134 valence electrons. The van der Waals surface area contributed by atoms with E-state index in [0.717, 1.165) is 28.2 Å². The zero-order valence-electron chi connectivity index (χ0n) is 15.3. The van der Waals surface area contributed by atoms with Crippen molar-refractivity contribution in [1.82, 2.24) is 14.8 Å². The van der Waals surface area contributed by atoms with Crippen LogP contribution in [0.2, 0.25) is 0 Å². The van der Waals surface area contributed by atoms with Gasteiger partial charge in [0.1, 0.15) is 11.6 Å². The van der Waals surface area contributed by atoms with Gasteiger partial charge in [-0.25, -0.2) is 4.39 Å². The number of rotatable bonds is 4. The van der Waals surface area contributed by atoms with Crippen molar-refractivity contribution in [1.29, 1.82) is 0 Å². The lowest BCUT2D eigenvalue weighted by Crippen LogP contribution is -2.05. The Balaban J connectivity index is 1.88. The molecule has 0 aliphatic carbocycles. The molecule has 3 aromatic carbocycles. The van der Waals surface area contributed by atoms with Crippen LogP contribution in [0.3, 0.4) is 0 Å². The van der Waals surface area contributed by atoms with Crippen molar-refractivity contribution in [2.24, 2.45) is 0 Å². The van der Waals surface area contributed by atoms with E-state index in [2.05, 4.69) is 58.9 Å². The maximum absolute atomic E-state index is 13.4. The molecular weight excluding hydrogens is 337 g/mol. The summed E-state index contributed by atoms with van der Waals surface area (Å²) >= 11 is 0. The standard InChI is InChI=1S/C23H20FN3/c1-16(2)22-25-26-23(18-11-13-20(24)14-12-18)27(22)21-10-6-9-19(15-21)17-7-4-3-5-8-17/h3-16H,1-2H3. The number of halogens is 1. The van der Waals surface area contributed by atoms with Gasteiger partial charge in [-0.2, -0.15) is 0 Å². The molecule has 0 radical (unpaired) electrons. The Morgan fingerprint density at radius 1 is 0.741 bits per heavy atom. The highest BCUT2D eigenvalue weighted by Crippen LogP contribution is 2.29. The molecule has 4 aromatic rings. The first kappa shape index (κ1) is 17.2. The predicted molar refractivity (Wildman–Crippen MR) is 106 cm³/mol. The van der Waals surface area contributed by atoms with E-state index in [-0.39, 0.29) is 11.7 Å². The maximum Gasteiger partial charge on any atom is 0.168 e. The summed E-state index contributed by atoms with van der Waals surface area (Å²) in [5.41, 5.74) is 4.11. The van der Waals surface area contributed by atoms with Crippen molar-refractivity contribution >= 4 is 0 Å². The van der Waals surface area contributed by atoms with Crippen LogP contribution in [0.5, 0.6) is 0 Å². The number of hydrogen-bond acceptors (Lipinski definition) is 2. The molecule has 0 N–H and O–H groups in total. The van der Waals surface area contributed by atoms with Gasteiger partial charge in [0.2, 0.25) is 0 Å². The van der Waals surface area contributed by atoms with Gasteiger partial charge >= 0.3 is 0 Å². The summed E-state index contributed by atoms with van der Waals surface area (Å²) in [7, 11) is 0. The second-order valence-corrected chi connectivity index (χ2v) is 6.80. The van der Waals surface area contributed by atoms with Crippen LogP contribution in [0.1, 0.15) is 25.6 Å². The highest BCUT2D eigenvalue weighted by molar-refractivity contribution is 5.67. The predicted octanol–water partition coefficient (Wildman–Crippen LogP) is 5.86. The summed E-state index contributed by atoms with van der Waals surface area (Å²) in [6, 6.07) is 24.9. The first-order valence-corrected chi connectivity index (χ1v) is 9.00. The van der Waals surface area contributed by atoms with Gasteiger partial charge in [0.25, 0.3) is 0 Å². The van der Waals surface area contributed by atoms with E-state index >= 15 is 0 Å². The minimum Gasteiger partial charge on any atom is -0.279 e. The minimum atomic E-state index is -0.264. The van der Waals surface area contributed by atoms with Crippen molar-refractivity contribution in [3.05, 3.63) is 90.5 Å². The van der Waals surface area contributed by atoms with E-state index in [4.69, 9.17) is 0 Å². The third-order valence-electron chi connectivity index (χ3n) is 4.52. The van der Waals surface area contributed by atoms with Gasteiger partial charge in [-0.1, -0.05) is 56.3 Å². The van der Waals surface area contributed by atoms with Crippen LogP contribution in [0.15, 0.2) is 78.9 Å². The van der Waals surface area contributed by atoms with E-state index in [9.17, 15) is 4.39 Å². The third kappa shape index (κ3) is 3.38. The molecule has 1 aromatic heterocycles. The van der Waals surface area contributed by atoms with Crippen LogP contribution in [0, 0.1) is 5.82 Å². The van der Waals surface area contributed by atoms with E-state index < -0.39 is 0 Å². The smallest absolute Gasteiger partial charge is 0.168 e. The first-order valence-electron chi connectivity index (χ1n) is 9.00. The van der Waals surface area contributed by atoms with Crippen LogP contribution in [0.4, 0.5) is 4.39 Å². The lowest BCUT2D eigenvalue weighted by Gasteiger charge is -2.14. The Labute approximate surface area is 158 Å². The van der Waals surface area contributed by atoms with Gasteiger partial charge in [-0.3, -0.25) is 4.57 Å². The average Bonchev–Trinajstić information content (AvgIpc) is 3.15. The fourth-order valence-corrected chi connectivity index (χ4v) is 3.17. The molecule has 0 saturated heterocycles. The Morgan fingerprint density at radius 2 is 1.44 bits per heavy atom. The van der Waals surface area contributed by atoms with Crippen LogP contribution in [-0.4, -0.2) is 14.8 Å². The molecular formula is C23H20FN3. The summed E-state index contributed by atoms with van der Waals surface area (Å²) in [4.78, 5) is 0. The molecule has 0 unspecified atom stereocenters. The summed E-state index contributed by atoms with van der Waals surface area (Å²) in [6.07, 6.45) is 0. The fraction of sp³-hybridized carbons (Fsp3) is 0.130. The third-order valence-corrected chi connectivity index (χ3v) is 4.52. The van der Waals surface area contributed by atoms with Crippen LogP contribution in [-0.2, 0) is 0 Å². The van der Waals surface area contributed by atoms with E-state index in [0.29, 0.717) is 5.82 Å². The molecule has 4 rings (SSSR count). The van der Waals surface area contributed by atoms with E-state index in [1.54, 1.807) is 12.1 Å². The van der Waals surface area contributed by atoms with E-state index in [1.807, 2.05) is 24.3 Å². The van der Waals surface area contributed by atoms with Crippen molar-refractivity contribution in [3.63, 3.8) is 0 Å². The molecule has 0 atom stereocenters. The normalized spacial score (nSPS) is 11.1. The van der Waals surface area contributed by atoms with E-state index in [1.165, 1.54) is 12.1 Å². The number of benzene rings is 3. The number of aromatic nitrogens is 3. The lowest BCUT2D eigenvalue weighted by molar-refractivity contribution is 0.628. The number of hydrogen-bond donors (Lipinski definition) is 0. The van der Waals surface area contributed by atoms with Crippen molar-refractivity contribution < 1.29 is 4.39 Å². The first-order chi connectivity index (χ1) is 13.1. The monoisotopic (exact) mass is 357 g/mol. The van der Waals surface area contributed by atoms with Crippen molar-refractivity contribution in [2.75, 3.05) is 0 Å². The maximum atomic E-state index is 13.4. The minimum absolute atomic E-state index is 0.201. The molecule has 0 amide bonds. The molecule has 3 nitrogen and oxygen atoms in total. The molecule has 0 fully saturated rings. The highest BCUT2D eigenvalue weighted by atomic mass is 19.1. The summed E-state index contributed by atoms with van der Waals surface area (Å²) in [5, 5.41) is 8.82. The zero-order chi connectivity index (χ0) is 18.8. The summed E-state index contributed by atoms with van der Waals surface area (Å²) in [5.74, 6) is 1.52. The molecule has 4 heteroatoms. The quantitative estimate of drug-likeness (QED) is 0.458. The Hall–Kier alpha value is -3.27. The van der Waals surface area contributed by atoms with Crippen molar-refractivity contribution in [3.8, 4) is 28.2 Å².